The number of hydrogen-bond acceptors (Lipinski definition) is 2. The number of benzene rings is 1. The van der Waals surface area contributed by atoms with Crippen molar-refractivity contribution in [3.8, 4) is 0 Å². The summed E-state index contributed by atoms with van der Waals surface area (Å²) in [5.74, 6) is 0. The summed E-state index contributed by atoms with van der Waals surface area (Å²) in [6, 6.07) is 8.71. The van der Waals surface area contributed by atoms with Gasteiger partial charge < -0.3 is 10.1 Å². The lowest BCUT2D eigenvalue weighted by atomic mass is 9.69. The molecule has 1 N–H and O–H groups in total. The molecule has 0 aliphatic heterocycles. The van der Waals surface area contributed by atoms with Gasteiger partial charge >= 0.3 is 0 Å². The maximum Gasteiger partial charge on any atom is 0.0530 e. The second kappa shape index (κ2) is 6.35. The van der Waals surface area contributed by atoms with Crippen molar-refractivity contribution in [1.29, 1.82) is 0 Å². The molecule has 18 heavy (non-hydrogen) atoms. The van der Waals surface area contributed by atoms with Gasteiger partial charge in [0.2, 0.25) is 0 Å². The number of aryl methyl sites for hydroxylation is 1. The molecule has 0 radical (unpaired) electrons. The van der Waals surface area contributed by atoms with Crippen LogP contribution in [0.4, 0.5) is 0 Å². The second-order valence-corrected chi connectivity index (χ2v) is 5.51. The summed E-state index contributed by atoms with van der Waals surface area (Å²) in [6.45, 7) is 5.18. The Morgan fingerprint density at radius 3 is 2.50 bits per heavy atom. The van der Waals surface area contributed by atoms with Crippen molar-refractivity contribution in [2.24, 2.45) is 5.41 Å². The van der Waals surface area contributed by atoms with E-state index in [2.05, 4.69) is 36.5 Å². The monoisotopic (exact) mass is 247 g/mol. The van der Waals surface area contributed by atoms with Crippen molar-refractivity contribution in [3.63, 3.8) is 0 Å². The van der Waals surface area contributed by atoms with Gasteiger partial charge in [-0.15, -0.1) is 0 Å². The average Bonchev–Trinajstić information content (AvgIpc) is 2.36. The molecule has 1 aliphatic rings. The van der Waals surface area contributed by atoms with Crippen LogP contribution in [0.1, 0.15) is 37.3 Å². The molecule has 0 heterocycles. The maximum absolute atomic E-state index is 5.36. The largest absolute Gasteiger partial charge is 0.384 e. The molecule has 2 heteroatoms. The summed E-state index contributed by atoms with van der Waals surface area (Å²) >= 11 is 0. The third-order valence-corrected chi connectivity index (χ3v) is 4.18. The summed E-state index contributed by atoms with van der Waals surface area (Å²) in [4.78, 5) is 0. The molecule has 0 unspecified atom stereocenters. The van der Waals surface area contributed by atoms with E-state index in [9.17, 15) is 0 Å². The molecule has 2 rings (SSSR count). The van der Waals surface area contributed by atoms with Crippen molar-refractivity contribution in [2.75, 3.05) is 20.3 Å². The van der Waals surface area contributed by atoms with Crippen LogP contribution in [-0.4, -0.2) is 20.3 Å². The zero-order valence-corrected chi connectivity index (χ0v) is 11.7. The van der Waals surface area contributed by atoms with Gasteiger partial charge in [0.15, 0.2) is 0 Å². The van der Waals surface area contributed by atoms with Crippen molar-refractivity contribution in [3.05, 3.63) is 35.4 Å². The van der Waals surface area contributed by atoms with E-state index in [1.54, 1.807) is 0 Å². The number of methoxy groups -OCH3 is 1. The fraction of sp³-hybridized carbons (Fsp3) is 0.625. The molecule has 0 spiro atoms. The Hall–Kier alpha value is -0.860. The van der Waals surface area contributed by atoms with Crippen molar-refractivity contribution < 1.29 is 4.74 Å². The highest BCUT2D eigenvalue weighted by atomic mass is 16.5. The minimum Gasteiger partial charge on any atom is -0.384 e. The highest BCUT2D eigenvalue weighted by Crippen LogP contribution is 2.40. The molecule has 1 saturated carbocycles. The number of ether oxygens (including phenoxy) is 1. The van der Waals surface area contributed by atoms with Crippen LogP contribution in [0.25, 0.3) is 0 Å². The van der Waals surface area contributed by atoms with Crippen LogP contribution in [0, 0.1) is 5.41 Å². The molecule has 1 fully saturated rings. The molecular weight excluding hydrogens is 222 g/mol. The zero-order valence-electron chi connectivity index (χ0n) is 11.7. The zero-order chi connectivity index (χ0) is 12.8. The van der Waals surface area contributed by atoms with Crippen molar-refractivity contribution >= 4 is 0 Å². The van der Waals surface area contributed by atoms with Crippen LogP contribution < -0.4 is 5.32 Å². The number of hydrogen-bond donors (Lipinski definition) is 1. The van der Waals surface area contributed by atoms with E-state index in [-0.39, 0.29) is 0 Å². The first kappa shape index (κ1) is 13.6. The summed E-state index contributed by atoms with van der Waals surface area (Å²) in [5.41, 5.74) is 3.31. The Bertz CT molecular complexity index is 371. The van der Waals surface area contributed by atoms with Crippen LogP contribution >= 0.6 is 0 Å². The summed E-state index contributed by atoms with van der Waals surface area (Å²) in [5, 5.41) is 3.62. The molecule has 0 saturated heterocycles. The van der Waals surface area contributed by atoms with E-state index < -0.39 is 0 Å². The van der Waals surface area contributed by atoms with Gasteiger partial charge in [0.05, 0.1) is 6.61 Å². The third kappa shape index (κ3) is 3.12. The maximum atomic E-state index is 5.36. The number of rotatable bonds is 7. The Morgan fingerprint density at radius 1 is 1.22 bits per heavy atom. The first-order valence-corrected chi connectivity index (χ1v) is 7.06. The van der Waals surface area contributed by atoms with Crippen molar-refractivity contribution in [2.45, 2.75) is 39.2 Å². The molecule has 1 aliphatic carbocycles. The molecule has 0 aromatic heterocycles. The molecule has 0 atom stereocenters. The van der Waals surface area contributed by atoms with Gasteiger partial charge in [-0.05, 0) is 30.4 Å². The van der Waals surface area contributed by atoms with Gasteiger partial charge in [0, 0.05) is 25.6 Å². The number of nitrogens with one attached hydrogen (secondary N) is 1. The van der Waals surface area contributed by atoms with Gasteiger partial charge in [-0.1, -0.05) is 37.6 Å². The van der Waals surface area contributed by atoms with Gasteiger partial charge in [-0.3, -0.25) is 0 Å². The predicted octanol–water partition coefficient (Wildman–Crippen LogP) is 3.16. The Balaban J connectivity index is 1.84. The smallest absolute Gasteiger partial charge is 0.0530 e. The first-order valence-electron chi connectivity index (χ1n) is 7.06. The van der Waals surface area contributed by atoms with E-state index in [4.69, 9.17) is 4.74 Å². The highest BCUT2D eigenvalue weighted by molar-refractivity contribution is 5.26. The SMILES string of the molecule is CCc1ccccc1CNCC1(COC)CCC1. The third-order valence-electron chi connectivity index (χ3n) is 4.18. The van der Waals surface area contributed by atoms with Gasteiger partial charge in [-0.25, -0.2) is 0 Å². The van der Waals surface area contributed by atoms with E-state index in [0.29, 0.717) is 5.41 Å². The Labute approximate surface area is 111 Å². The highest BCUT2D eigenvalue weighted by Gasteiger charge is 2.36. The van der Waals surface area contributed by atoms with Crippen LogP contribution in [0.15, 0.2) is 24.3 Å². The van der Waals surface area contributed by atoms with E-state index in [1.807, 2.05) is 7.11 Å². The second-order valence-electron chi connectivity index (χ2n) is 5.51. The predicted molar refractivity (Wildman–Crippen MR) is 75.7 cm³/mol. The van der Waals surface area contributed by atoms with Crippen LogP contribution in [0.3, 0.4) is 0 Å². The summed E-state index contributed by atoms with van der Waals surface area (Å²) in [6.07, 6.45) is 5.09. The van der Waals surface area contributed by atoms with E-state index in [0.717, 1.165) is 26.1 Å². The fourth-order valence-electron chi connectivity index (χ4n) is 2.89. The Morgan fingerprint density at radius 2 is 1.94 bits per heavy atom. The topological polar surface area (TPSA) is 21.3 Å². The van der Waals surface area contributed by atoms with Crippen LogP contribution in [-0.2, 0) is 17.7 Å². The molecular formula is C16H25NO. The minimum absolute atomic E-state index is 0.413. The van der Waals surface area contributed by atoms with Crippen LogP contribution in [0.5, 0.6) is 0 Å². The summed E-state index contributed by atoms with van der Waals surface area (Å²) in [7, 11) is 1.81. The molecule has 1 aromatic rings. The van der Waals surface area contributed by atoms with E-state index in [1.165, 1.54) is 30.4 Å². The lowest BCUT2D eigenvalue weighted by molar-refractivity contribution is 0.0177. The van der Waals surface area contributed by atoms with Crippen LogP contribution in [0.2, 0.25) is 0 Å². The fourth-order valence-corrected chi connectivity index (χ4v) is 2.89. The molecule has 1 aromatic carbocycles. The first-order chi connectivity index (χ1) is 8.79. The van der Waals surface area contributed by atoms with Gasteiger partial charge in [-0.2, -0.15) is 0 Å². The van der Waals surface area contributed by atoms with Crippen molar-refractivity contribution in [1.82, 2.24) is 5.32 Å². The Kier molecular flexibility index (Phi) is 4.79. The normalized spacial score (nSPS) is 17.4. The molecule has 0 bridgehead atoms. The molecule has 100 valence electrons. The quantitative estimate of drug-likeness (QED) is 0.799. The van der Waals surface area contributed by atoms with Gasteiger partial charge in [0.25, 0.3) is 0 Å². The lowest BCUT2D eigenvalue weighted by Gasteiger charge is -2.41. The summed E-state index contributed by atoms with van der Waals surface area (Å²) < 4.78 is 5.36. The van der Waals surface area contributed by atoms with E-state index >= 15 is 0 Å². The van der Waals surface area contributed by atoms with Gasteiger partial charge in [0.1, 0.15) is 0 Å². The standard InChI is InChI=1S/C16H25NO/c1-3-14-7-4-5-8-15(14)11-17-12-16(13-18-2)9-6-10-16/h4-5,7-8,17H,3,6,9-13H2,1-2H3. The molecule has 2 nitrogen and oxygen atoms in total. The lowest BCUT2D eigenvalue weighted by Crippen LogP contribution is -2.43. The average molecular weight is 247 g/mol. The molecule has 0 amide bonds. The minimum atomic E-state index is 0.413.